The lowest BCUT2D eigenvalue weighted by Gasteiger charge is -2.36. The smallest absolute Gasteiger partial charge is 0.165 e. The molecule has 1 aromatic carbocycles. The SMILES string of the molecule is CC(C)(C)n1nnnc1CN1CCN(c2ccc(F)cc2)CC1. The summed E-state index contributed by atoms with van der Waals surface area (Å²) in [5.74, 6) is 0.703. The van der Waals surface area contributed by atoms with Crippen LogP contribution in [0.4, 0.5) is 10.1 Å². The van der Waals surface area contributed by atoms with Crippen molar-refractivity contribution in [1.29, 1.82) is 0 Å². The second-order valence-electron chi connectivity index (χ2n) is 6.92. The maximum Gasteiger partial charge on any atom is 0.165 e. The fraction of sp³-hybridized carbons (Fsp3) is 0.562. The molecule has 23 heavy (non-hydrogen) atoms. The van der Waals surface area contributed by atoms with Gasteiger partial charge in [-0.05, 0) is 55.5 Å². The number of anilines is 1. The van der Waals surface area contributed by atoms with E-state index in [4.69, 9.17) is 0 Å². The van der Waals surface area contributed by atoms with E-state index in [0.29, 0.717) is 0 Å². The molecule has 0 unspecified atom stereocenters. The van der Waals surface area contributed by atoms with Gasteiger partial charge in [-0.3, -0.25) is 4.90 Å². The lowest BCUT2D eigenvalue weighted by Crippen LogP contribution is -2.46. The second-order valence-corrected chi connectivity index (χ2v) is 6.92. The number of aromatic nitrogens is 4. The predicted octanol–water partition coefficient (Wildman–Crippen LogP) is 1.89. The maximum atomic E-state index is 13.0. The van der Waals surface area contributed by atoms with Crippen molar-refractivity contribution in [3.05, 3.63) is 35.9 Å². The fourth-order valence-corrected chi connectivity index (χ4v) is 2.84. The van der Waals surface area contributed by atoms with Gasteiger partial charge in [0.25, 0.3) is 0 Å². The number of hydrogen-bond donors (Lipinski definition) is 0. The molecule has 0 saturated carbocycles. The first-order valence-corrected chi connectivity index (χ1v) is 7.94. The van der Waals surface area contributed by atoms with Crippen molar-refractivity contribution in [3.8, 4) is 0 Å². The zero-order chi connectivity index (χ0) is 16.4. The van der Waals surface area contributed by atoms with E-state index in [9.17, 15) is 4.39 Å². The zero-order valence-electron chi connectivity index (χ0n) is 13.9. The van der Waals surface area contributed by atoms with Gasteiger partial charge in [0, 0.05) is 31.9 Å². The summed E-state index contributed by atoms with van der Waals surface area (Å²) < 4.78 is 14.9. The van der Waals surface area contributed by atoms with Crippen molar-refractivity contribution in [2.75, 3.05) is 31.1 Å². The number of piperazine rings is 1. The van der Waals surface area contributed by atoms with Crippen molar-refractivity contribution in [2.24, 2.45) is 0 Å². The highest BCUT2D eigenvalue weighted by Gasteiger charge is 2.23. The number of tetrazole rings is 1. The van der Waals surface area contributed by atoms with E-state index in [1.807, 2.05) is 16.8 Å². The molecule has 124 valence electrons. The number of benzene rings is 1. The number of hydrogen-bond acceptors (Lipinski definition) is 5. The van der Waals surface area contributed by atoms with E-state index >= 15 is 0 Å². The van der Waals surface area contributed by atoms with Crippen LogP contribution in [0.15, 0.2) is 24.3 Å². The summed E-state index contributed by atoms with van der Waals surface area (Å²) in [6, 6.07) is 6.70. The molecule has 0 amide bonds. The van der Waals surface area contributed by atoms with Crippen molar-refractivity contribution < 1.29 is 4.39 Å². The van der Waals surface area contributed by atoms with E-state index in [2.05, 4.69) is 46.1 Å². The van der Waals surface area contributed by atoms with Crippen molar-refractivity contribution >= 4 is 5.69 Å². The van der Waals surface area contributed by atoms with E-state index in [1.165, 1.54) is 12.1 Å². The molecule has 6 nitrogen and oxygen atoms in total. The summed E-state index contributed by atoms with van der Waals surface area (Å²) in [4.78, 5) is 4.64. The molecule has 2 aromatic rings. The molecule has 1 aromatic heterocycles. The third-order valence-electron chi connectivity index (χ3n) is 4.10. The summed E-state index contributed by atoms with van der Waals surface area (Å²) in [7, 11) is 0. The summed E-state index contributed by atoms with van der Waals surface area (Å²) in [6.07, 6.45) is 0. The minimum Gasteiger partial charge on any atom is -0.369 e. The molecule has 3 rings (SSSR count). The van der Waals surface area contributed by atoms with Gasteiger partial charge in [0.2, 0.25) is 0 Å². The first-order chi connectivity index (χ1) is 10.9. The van der Waals surface area contributed by atoms with Gasteiger partial charge < -0.3 is 4.90 Å². The predicted molar refractivity (Wildman–Crippen MR) is 86.7 cm³/mol. The molecular formula is C16H23FN6. The Labute approximate surface area is 135 Å². The third-order valence-corrected chi connectivity index (χ3v) is 4.10. The van der Waals surface area contributed by atoms with Crippen LogP contribution in [0.3, 0.4) is 0 Å². The Morgan fingerprint density at radius 2 is 1.70 bits per heavy atom. The Kier molecular flexibility index (Phi) is 4.30. The van der Waals surface area contributed by atoms with E-state index < -0.39 is 0 Å². The van der Waals surface area contributed by atoms with E-state index in [0.717, 1.165) is 44.2 Å². The molecule has 0 bridgehead atoms. The third kappa shape index (κ3) is 3.67. The van der Waals surface area contributed by atoms with Gasteiger partial charge >= 0.3 is 0 Å². The van der Waals surface area contributed by atoms with Crippen molar-refractivity contribution in [2.45, 2.75) is 32.9 Å². The molecule has 1 aliphatic rings. The summed E-state index contributed by atoms with van der Waals surface area (Å²) in [5.41, 5.74) is 0.958. The quantitative estimate of drug-likeness (QED) is 0.865. The number of halogens is 1. The summed E-state index contributed by atoms with van der Waals surface area (Å²) in [5, 5.41) is 12.1. The minimum absolute atomic E-state index is 0.116. The van der Waals surface area contributed by atoms with Crippen LogP contribution in [-0.2, 0) is 12.1 Å². The van der Waals surface area contributed by atoms with Gasteiger partial charge in [-0.1, -0.05) is 0 Å². The normalized spacial score (nSPS) is 16.8. The first kappa shape index (κ1) is 15.9. The van der Waals surface area contributed by atoms with Crippen molar-refractivity contribution in [1.82, 2.24) is 25.1 Å². The molecular weight excluding hydrogens is 295 g/mol. The van der Waals surface area contributed by atoms with E-state index in [1.54, 1.807) is 0 Å². The molecule has 0 N–H and O–H groups in total. The Morgan fingerprint density at radius 1 is 1.04 bits per heavy atom. The largest absolute Gasteiger partial charge is 0.369 e. The monoisotopic (exact) mass is 318 g/mol. The average Bonchev–Trinajstić information content (AvgIpc) is 2.97. The highest BCUT2D eigenvalue weighted by atomic mass is 19.1. The molecule has 1 fully saturated rings. The molecule has 1 aliphatic heterocycles. The number of nitrogens with zero attached hydrogens (tertiary/aromatic N) is 6. The average molecular weight is 318 g/mol. The maximum absolute atomic E-state index is 13.0. The topological polar surface area (TPSA) is 50.1 Å². The van der Waals surface area contributed by atoms with Gasteiger partial charge in [0.1, 0.15) is 5.82 Å². The molecule has 0 aliphatic carbocycles. The van der Waals surface area contributed by atoms with Crippen molar-refractivity contribution in [3.63, 3.8) is 0 Å². The molecule has 0 spiro atoms. The fourth-order valence-electron chi connectivity index (χ4n) is 2.84. The zero-order valence-corrected chi connectivity index (χ0v) is 13.9. The highest BCUT2D eigenvalue weighted by Crippen LogP contribution is 2.19. The minimum atomic E-state index is -0.193. The Bertz CT molecular complexity index is 637. The molecule has 7 heteroatoms. The molecule has 2 heterocycles. The molecule has 1 saturated heterocycles. The molecule has 0 radical (unpaired) electrons. The molecule has 0 atom stereocenters. The van der Waals surface area contributed by atoms with Gasteiger partial charge in [-0.2, -0.15) is 0 Å². The summed E-state index contributed by atoms with van der Waals surface area (Å²) >= 11 is 0. The Hall–Kier alpha value is -2.02. The second kappa shape index (κ2) is 6.23. The Morgan fingerprint density at radius 3 is 2.30 bits per heavy atom. The Balaban J connectivity index is 1.60. The van der Waals surface area contributed by atoms with Crippen LogP contribution in [0.25, 0.3) is 0 Å². The lowest BCUT2D eigenvalue weighted by atomic mass is 10.1. The number of rotatable bonds is 3. The van der Waals surface area contributed by atoms with Crippen LogP contribution in [0.1, 0.15) is 26.6 Å². The van der Waals surface area contributed by atoms with Crippen LogP contribution in [0.5, 0.6) is 0 Å². The summed E-state index contributed by atoms with van der Waals surface area (Å²) in [6.45, 7) is 10.8. The highest BCUT2D eigenvalue weighted by molar-refractivity contribution is 5.46. The van der Waals surface area contributed by atoms with Crippen LogP contribution >= 0.6 is 0 Å². The van der Waals surface area contributed by atoms with Crippen LogP contribution in [0, 0.1) is 5.82 Å². The van der Waals surface area contributed by atoms with E-state index in [-0.39, 0.29) is 11.4 Å². The van der Waals surface area contributed by atoms with Gasteiger partial charge in [0.05, 0.1) is 12.1 Å². The van der Waals surface area contributed by atoms with Gasteiger partial charge in [-0.15, -0.1) is 5.10 Å². The van der Waals surface area contributed by atoms with Crippen LogP contribution < -0.4 is 4.90 Å². The van der Waals surface area contributed by atoms with Gasteiger partial charge in [0.15, 0.2) is 5.82 Å². The van der Waals surface area contributed by atoms with Crippen LogP contribution in [0.2, 0.25) is 0 Å². The van der Waals surface area contributed by atoms with Crippen LogP contribution in [-0.4, -0.2) is 51.3 Å². The standard InChI is InChI=1S/C16H23FN6/c1-16(2,3)23-15(18-19-20-23)12-21-8-10-22(11-9-21)14-6-4-13(17)5-7-14/h4-7H,8-12H2,1-3H3. The van der Waals surface area contributed by atoms with Gasteiger partial charge in [-0.25, -0.2) is 9.07 Å². The lowest BCUT2D eigenvalue weighted by molar-refractivity contribution is 0.228. The first-order valence-electron chi connectivity index (χ1n) is 7.94.